The van der Waals surface area contributed by atoms with E-state index in [-0.39, 0.29) is 12.8 Å². The van der Waals surface area contributed by atoms with E-state index in [1.165, 1.54) is 19.3 Å². The van der Waals surface area contributed by atoms with Crippen molar-refractivity contribution in [3.05, 3.63) is 41.7 Å². The van der Waals surface area contributed by atoms with Gasteiger partial charge in [0.2, 0.25) is 0 Å². The third kappa shape index (κ3) is 5.95. The maximum Gasteiger partial charge on any atom is 0.400 e. The maximum atomic E-state index is 14.7. The fourth-order valence-electron chi connectivity index (χ4n) is 6.08. The van der Waals surface area contributed by atoms with E-state index in [0.29, 0.717) is 54.7 Å². The quantitative estimate of drug-likeness (QED) is 0.220. The van der Waals surface area contributed by atoms with E-state index in [1.54, 1.807) is 0 Å². The number of benzene rings is 1. The highest BCUT2D eigenvalue weighted by molar-refractivity contribution is 5.25. The number of alkyl halides is 2. The van der Waals surface area contributed by atoms with Crippen molar-refractivity contribution in [1.29, 1.82) is 0 Å². The predicted octanol–water partition coefficient (Wildman–Crippen LogP) is 8.06. The van der Waals surface area contributed by atoms with Crippen LogP contribution in [0.15, 0.2) is 24.3 Å². The molecule has 1 aromatic rings. The summed E-state index contributed by atoms with van der Waals surface area (Å²) in [6.45, 7) is 3.08. The standard InChI is InChI=1S/C27H35F5O2/c1-2-3-17-4-13-25(33-16-17)20-7-5-18(6-8-20)19-9-11-21(12-10-19)27(31,32)34-22-14-23(28)26(30)24(29)15-22/h5,7,14-15,17-21,25H,2-4,6,8-13,16H2,1H3. The van der Waals surface area contributed by atoms with Crippen LogP contribution in [0.2, 0.25) is 0 Å². The molecule has 0 radical (unpaired) electrons. The van der Waals surface area contributed by atoms with Gasteiger partial charge in [0.1, 0.15) is 5.75 Å². The molecule has 2 nitrogen and oxygen atoms in total. The molecule has 0 amide bonds. The Balaban J connectivity index is 1.26. The van der Waals surface area contributed by atoms with Crippen molar-refractivity contribution in [3.63, 3.8) is 0 Å². The van der Waals surface area contributed by atoms with Gasteiger partial charge >= 0.3 is 6.11 Å². The minimum absolute atomic E-state index is 0.280. The number of allylic oxidation sites excluding steroid dienone is 1. The minimum atomic E-state index is -3.57. The molecule has 1 saturated heterocycles. The van der Waals surface area contributed by atoms with Crippen LogP contribution >= 0.6 is 0 Å². The van der Waals surface area contributed by atoms with E-state index in [0.717, 1.165) is 25.9 Å². The lowest BCUT2D eigenvalue weighted by atomic mass is 9.71. The topological polar surface area (TPSA) is 18.5 Å². The zero-order chi connectivity index (χ0) is 24.3. The van der Waals surface area contributed by atoms with Gasteiger partial charge in [-0.3, -0.25) is 0 Å². The Hall–Kier alpha value is -1.63. The summed E-state index contributed by atoms with van der Waals surface area (Å²) >= 11 is 0. The summed E-state index contributed by atoms with van der Waals surface area (Å²) in [5.74, 6) is -4.64. The summed E-state index contributed by atoms with van der Waals surface area (Å²) in [4.78, 5) is 0. The van der Waals surface area contributed by atoms with Crippen LogP contribution < -0.4 is 4.74 Å². The van der Waals surface area contributed by atoms with Gasteiger partial charge in [0.05, 0.1) is 12.0 Å². The minimum Gasteiger partial charge on any atom is -0.432 e. The van der Waals surface area contributed by atoms with E-state index in [9.17, 15) is 22.0 Å². The zero-order valence-corrected chi connectivity index (χ0v) is 19.8. The molecular formula is C27H35F5O2. The molecule has 1 heterocycles. The summed E-state index contributed by atoms with van der Waals surface area (Å²) in [6, 6.07) is 0.919. The fraction of sp³-hybridized carbons (Fsp3) is 0.704. The predicted molar refractivity (Wildman–Crippen MR) is 120 cm³/mol. The fourth-order valence-corrected chi connectivity index (χ4v) is 6.08. The van der Waals surface area contributed by atoms with Crippen molar-refractivity contribution >= 4 is 0 Å². The molecule has 34 heavy (non-hydrogen) atoms. The molecule has 1 aliphatic heterocycles. The Morgan fingerprint density at radius 2 is 1.53 bits per heavy atom. The Bertz CT molecular complexity index is 818. The van der Waals surface area contributed by atoms with Gasteiger partial charge in [-0.1, -0.05) is 25.5 Å². The van der Waals surface area contributed by atoms with Crippen molar-refractivity contribution in [2.45, 2.75) is 83.3 Å². The first-order valence-corrected chi connectivity index (χ1v) is 12.8. The number of hydrogen-bond acceptors (Lipinski definition) is 2. The smallest absolute Gasteiger partial charge is 0.400 e. The average Bonchev–Trinajstić information content (AvgIpc) is 2.83. The summed E-state index contributed by atoms with van der Waals surface area (Å²) in [6.07, 6.45) is 10.1. The van der Waals surface area contributed by atoms with Crippen LogP contribution in [0.1, 0.15) is 71.1 Å². The monoisotopic (exact) mass is 486 g/mol. The summed E-state index contributed by atoms with van der Waals surface area (Å²) in [5, 5.41) is 0. The highest BCUT2D eigenvalue weighted by Gasteiger charge is 2.45. The molecular weight excluding hydrogens is 451 g/mol. The second-order valence-electron chi connectivity index (χ2n) is 10.4. The molecule has 4 rings (SSSR count). The largest absolute Gasteiger partial charge is 0.432 e. The zero-order valence-electron chi connectivity index (χ0n) is 19.8. The molecule has 7 heteroatoms. The molecule has 190 valence electrons. The Labute approximate surface area is 198 Å². The highest BCUT2D eigenvalue weighted by Crippen LogP contribution is 2.45. The highest BCUT2D eigenvalue weighted by atomic mass is 19.3. The van der Waals surface area contributed by atoms with Crippen molar-refractivity contribution in [2.24, 2.45) is 29.6 Å². The van der Waals surface area contributed by atoms with E-state index in [4.69, 9.17) is 4.74 Å². The first kappa shape index (κ1) is 25.5. The van der Waals surface area contributed by atoms with Crippen LogP contribution in [0.25, 0.3) is 0 Å². The van der Waals surface area contributed by atoms with Crippen molar-refractivity contribution in [2.75, 3.05) is 6.61 Å². The van der Waals surface area contributed by atoms with E-state index < -0.39 is 35.2 Å². The molecule has 1 aromatic carbocycles. The molecule has 0 spiro atoms. The molecule has 4 atom stereocenters. The van der Waals surface area contributed by atoms with Gasteiger partial charge in [0.25, 0.3) is 0 Å². The van der Waals surface area contributed by atoms with Crippen molar-refractivity contribution in [3.8, 4) is 5.75 Å². The summed E-state index contributed by atoms with van der Waals surface area (Å²) < 4.78 is 79.9. The van der Waals surface area contributed by atoms with Gasteiger partial charge in [0, 0.05) is 24.7 Å². The molecule has 1 saturated carbocycles. The normalized spacial score (nSPS) is 32.5. The molecule has 0 aromatic heterocycles. The van der Waals surface area contributed by atoms with Gasteiger partial charge in [0.15, 0.2) is 17.5 Å². The van der Waals surface area contributed by atoms with Crippen molar-refractivity contribution < 1.29 is 31.4 Å². The van der Waals surface area contributed by atoms with Crippen LogP contribution in [-0.2, 0) is 4.74 Å². The van der Waals surface area contributed by atoms with Crippen LogP contribution in [0.3, 0.4) is 0 Å². The van der Waals surface area contributed by atoms with Crippen LogP contribution in [-0.4, -0.2) is 18.8 Å². The van der Waals surface area contributed by atoms with Crippen LogP contribution in [0.4, 0.5) is 22.0 Å². The lowest BCUT2D eigenvalue weighted by molar-refractivity contribution is -0.224. The van der Waals surface area contributed by atoms with Crippen molar-refractivity contribution in [1.82, 2.24) is 0 Å². The Morgan fingerprint density at radius 3 is 2.09 bits per heavy atom. The first-order valence-electron chi connectivity index (χ1n) is 12.8. The van der Waals surface area contributed by atoms with Crippen LogP contribution in [0.5, 0.6) is 5.75 Å². The van der Waals surface area contributed by atoms with E-state index in [1.807, 2.05) is 0 Å². The van der Waals surface area contributed by atoms with E-state index in [2.05, 4.69) is 23.8 Å². The molecule has 2 aliphatic carbocycles. The molecule has 0 N–H and O–H groups in total. The van der Waals surface area contributed by atoms with Gasteiger partial charge in [-0.25, -0.2) is 13.2 Å². The van der Waals surface area contributed by atoms with E-state index >= 15 is 0 Å². The third-order valence-electron chi connectivity index (χ3n) is 8.08. The molecule has 0 bridgehead atoms. The van der Waals surface area contributed by atoms with Gasteiger partial charge < -0.3 is 9.47 Å². The maximum absolute atomic E-state index is 14.7. The lowest BCUT2D eigenvalue weighted by Gasteiger charge is -2.39. The third-order valence-corrected chi connectivity index (χ3v) is 8.08. The number of halogens is 5. The van der Waals surface area contributed by atoms with Gasteiger partial charge in [-0.15, -0.1) is 0 Å². The Morgan fingerprint density at radius 1 is 0.882 bits per heavy atom. The Kier molecular flexibility index (Phi) is 8.21. The van der Waals surface area contributed by atoms with Gasteiger partial charge in [-0.2, -0.15) is 8.78 Å². The average molecular weight is 487 g/mol. The molecule has 3 aliphatic rings. The first-order chi connectivity index (χ1) is 16.3. The molecule has 4 unspecified atom stereocenters. The van der Waals surface area contributed by atoms with Gasteiger partial charge in [-0.05, 0) is 75.5 Å². The lowest BCUT2D eigenvalue weighted by Crippen LogP contribution is -2.38. The summed E-state index contributed by atoms with van der Waals surface area (Å²) in [5.41, 5.74) is 0. The summed E-state index contributed by atoms with van der Waals surface area (Å²) in [7, 11) is 0. The number of rotatable bonds is 7. The second kappa shape index (κ2) is 11.0. The number of hydrogen-bond donors (Lipinski definition) is 0. The molecule has 2 fully saturated rings. The number of ether oxygens (including phenoxy) is 2. The second-order valence-corrected chi connectivity index (χ2v) is 10.4. The van der Waals surface area contributed by atoms with Crippen LogP contribution in [0, 0.1) is 47.0 Å². The SMILES string of the molecule is CCCC1CCC(C2C=CC(C3CCC(C(F)(F)Oc4cc(F)c(F)c(F)c4)CC3)CC2)OC1.